The Bertz CT molecular complexity index is 626. The van der Waals surface area contributed by atoms with E-state index in [2.05, 4.69) is 13.8 Å². The van der Waals surface area contributed by atoms with Gasteiger partial charge >= 0.3 is 0 Å². The molecule has 0 radical (unpaired) electrons. The van der Waals surface area contributed by atoms with Crippen LogP contribution in [0.3, 0.4) is 0 Å². The Morgan fingerprint density at radius 3 is 2.27 bits per heavy atom. The summed E-state index contributed by atoms with van der Waals surface area (Å²) in [6.45, 7) is 5.95. The molecule has 0 spiro atoms. The van der Waals surface area contributed by atoms with E-state index in [4.69, 9.17) is 23.2 Å². The predicted octanol–water partition coefficient (Wildman–Crippen LogP) is 4.29. The molecule has 3 nitrogen and oxygen atoms in total. The summed E-state index contributed by atoms with van der Waals surface area (Å²) in [6, 6.07) is 0. The first-order valence-electron chi connectivity index (χ1n) is 10.2. The number of carbonyl (C=O) groups is 1. The second kappa shape index (κ2) is 5.84. The summed E-state index contributed by atoms with van der Waals surface area (Å²) in [5.41, 5.74) is -1.64. The number of hydrogen-bond acceptors (Lipinski definition) is 3. The van der Waals surface area contributed by atoms with Gasteiger partial charge in [0.25, 0.3) is 0 Å². The first-order chi connectivity index (χ1) is 12.0. The lowest BCUT2D eigenvalue weighted by Gasteiger charge is -2.65. The molecule has 0 saturated heterocycles. The lowest BCUT2D eigenvalue weighted by Crippen LogP contribution is -2.66. The van der Waals surface area contributed by atoms with Crippen molar-refractivity contribution in [2.75, 3.05) is 0 Å². The third-order valence-corrected chi connectivity index (χ3v) is 11.0. The van der Waals surface area contributed by atoms with Crippen LogP contribution < -0.4 is 0 Å². The predicted molar refractivity (Wildman–Crippen MR) is 103 cm³/mol. The van der Waals surface area contributed by atoms with E-state index in [1.165, 1.54) is 0 Å². The van der Waals surface area contributed by atoms with Crippen molar-refractivity contribution < 1.29 is 15.0 Å². The van der Waals surface area contributed by atoms with Gasteiger partial charge in [-0.15, -0.1) is 23.2 Å². The number of aliphatic hydroxyl groups excluding tert-OH is 1. The molecule has 4 fully saturated rings. The molecule has 4 aliphatic rings. The van der Waals surface area contributed by atoms with Gasteiger partial charge in [-0.3, -0.25) is 4.79 Å². The zero-order valence-corrected chi connectivity index (χ0v) is 17.6. The number of hydrogen-bond donors (Lipinski definition) is 2. The van der Waals surface area contributed by atoms with E-state index >= 15 is 0 Å². The van der Waals surface area contributed by atoms with E-state index in [9.17, 15) is 15.0 Å². The summed E-state index contributed by atoms with van der Waals surface area (Å²) < 4.78 is 0. The number of alkyl halides is 2. The lowest BCUT2D eigenvalue weighted by molar-refractivity contribution is -0.167. The monoisotopic (exact) mass is 402 g/mol. The Balaban J connectivity index is 1.72. The summed E-state index contributed by atoms with van der Waals surface area (Å²) in [6.07, 6.45) is 6.05. The highest BCUT2D eigenvalue weighted by Gasteiger charge is 2.70. The molecule has 148 valence electrons. The van der Waals surface area contributed by atoms with Gasteiger partial charge in [-0.2, -0.15) is 0 Å². The number of halogens is 2. The molecule has 5 heteroatoms. The number of carbonyl (C=O) groups excluding carboxylic acids is 1. The normalized spacial score (nSPS) is 59.3. The molecular weight excluding hydrogens is 371 g/mol. The molecular formula is C21H32Cl2O3. The van der Waals surface area contributed by atoms with Gasteiger partial charge in [0, 0.05) is 5.41 Å². The van der Waals surface area contributed by atoms with Gasteiger partial charge in [0.2, 0.25) is 0 Å². The summed E-state index contributed by atoms with van der Waals surface area (Å²) in [7, 11) is 0. The maximum atomic E-state index is 12.3. The van der Waals surface area contributed by atoms with E-state index in [1.807, 2.05) is 0 Å². The fourth-order valence-electron chi connectivity index (χ4n) is 7.76. The minimum absolute atomic E-state index is 0.0853. The van der Waals surface area contributed by atoms with Crippen molar-refractivity contribution in [3.8, 4) is 0 Å². The molecule has 9 atom stereocenters. The van der Waals surface area contributed by atoms with E-state index < -0.39 is 10.5 Å². The molecule has 2 N–H and O–H groups in total. The topological polar surface area (TPSA) is 57.5 Å². The van der Waals surface area contributed by atoms with Crippen molar-refractivity contribution in [1.29, 1.82) is 0 Å². The van der Waals surface area contributed by atoms with Crippen LogP contribution in [-0.4, -0.2) is 38.0 Å². The first-order valence-corrected chi connectivity index (χ1v) is 11.1. The number of aliphatic hydroxyl groups is 2. The molecule has 0 aromatic rings. The summed E-state index contributed by atoms with van der Waals surface area (Å²) >= 11 is 14.1. The zero-order valence-electron chi connectivity index (χ0n) is 16.1. The van der Waals surface area contributed by atoms with E-state index in [0.29, 0.717) is 30.6 Å². The van der Waals surface area contributed by atoms with E-state index in [0.717, 1.165) is 38.5 Å². The molecule has 0 aliphatic heterocycles. The van der Waals surface area contributed by atoms with E-state index in [1.54, 1.807) is 6.92 Å². The van der Waals surface area contributed by atoms with Crippen LogP contribution in [0.25, 0.3) is 0 Å². The standard InChI is InChI=1S/C21H32Cl2O3/c1-12(24)21(26)9-6-16-14-10-17(22)20(23)11-13(25)4-7-18(20,2)15(14)5-8-19(16,21)3/h13-17,25-26H,4-11H2,1-3H3. The number of ketones is 1. The van der Waals surface area contributed by atoms with Gasteiger partial charge in [-0.25, -0.2) is 0 Å². The van der Waals surface area contributed by atoms with Crippen LogP contribution in [0.2, 0.25) is 0 Å². The van der Waals surface area contributed by atoms with Crippen molar-refractivity contribution in [3.63, 3.8) is 0 Å². The van der Waals surface area contributed by atoms with Crippen LogP contribution in [0, 0.1) is 28.6 Å². The largest absolute Gasteiger partial charge is 0.393 e. The van der Waals surface area contributed by atoms with Gasteiger partial charge in [-0.05, 0) is 81.5 Å². The number of Topliss-reactive ketones (excluding diaryl/α,β-unsaturated/α-hetero) is 1. The zero-order chi connectivity index (χ0) is 19.1. The summed E-state index contributed by atoms with van der Waals surface area (Å²) in [5.74, 6) is 1.09. The summed E-state index contributed by atoms with van der Waals surface area (Å²) in [5, 5.41) is 21.3. The van der Waals surface area contributed by atoms with Crippen LogP contribution in [0.5, 0.6) is 0 Å². The Hall–Kier alpha value is 0.170. The third kappa shape index (κ3) is 2.18. The van der Waals surface area contributed by atoms with Gasteiger partial charge in [0.05, 0.1) is 16.4 Å². The highest BCUT2D eigenvalue weighted by Crippen LogP contribution is 2.71. The van der Waals surface area contributed by atoms with Crippen LogP contribution in [-0.2, 0) is 4.79 Å². The second-order valence-electron chi connectivity index (χ2n) is 10.2. The Kier molecular flexibility index (Phi) is 4.38. The Morgan fingerprint density at radius 2 is 1.62 bits per heavy atom. The molecule has 0 aromatic heterocycles. The quantitative estimate of drug-likeness (QED) is 0.643. The lowest BCUT2D eigenvalue weighted by atomic mass is 9.44. The van der Waals surface area contributed by atoms with Crippen molar-refractivity contribution >= 4 is 29.0 Å². The third-order valence-electron chi connectivity index (χ3n) is 9.44. The van der Waals surface area contributed by atoms with Crippen LogP contribution in [0.1, 0.15) is 72.1 Å². The molecule has 0 aromatic carbocycles. The fraction of sp³-hybridized carbons (Fsp3) is 0.952. The average Bonchev–Trinajstić information content (AvgIpc) is 2.84. The molecule has 0 bridgehead atoms. The van der Waals surface area contributed by atoms with Crippen molar-refractivity contribution in [2.45, 2.75) is 94.1 Å². The molecule has 0 amide bonds. The fourth-order valence-corrected chi connectivity index (χ4v) is 8.80. The molecule has 4 aliphatic carbocycles. The smallest absolute Gasteiger partial charge is 0.161 e. The first kappa shape index (κ1) is 19.5. The van der Waals surface area contributed by atoms with Gasteiger partial charge in [0.1, 0.15) is 5.60 Å². The minimum atomic E-state index is -1.19. The highest BCUT2D eigenvalue weighted by molar-refractivity contribution is 6.33. The Labute approximate surface area is 166 Å². The van der Waals surface area contributed by atoms with E-state index in [-0.39, 0.29) is 28.1 Å². The molecule has 0 heterocycles. The maximum Gasteiger partial charge on any atom is 0.161 e. The molecule has 26 heavy (non-hydrogen) atoms. The van der Waals surface area contributed by atoms with Crippen molar-refractivity contribution in [3.05, 3.63) is 0 Å². The van der Waals surface area contributed by atoms with Crippen molar-refractivity contribution in [2.24, 2.45) is 28.6 Å². The van der Waals surface area contributed by atoms with Gasteiger partial charge in [-0.1, -0.05) is 13.8 Å². The maximum absolute atomic E-state index is 12.3. The van der Waals surface area contributed by atoms with Crippen LogP contribution >= 0.6 is 23.2 Å². The van der Waals surface area contributed by atoms with Crippen LogP contribution in [0.15, 0.2) is 0 Å². The van der Waals surface area contributed by atoms with Gasteiger partial charge < -0.3 is 10.2 Å². The average molecular weight is 403 g/mol. The number of fused-ring (bicyclic) bond motifs is 5. The van der Waals surface area contributed by atoms with Gasteiger partial charge in [0.15, 0.2) is 5.78 Å². The molecule has 4 saturated carbocycles. The molecule has 9 unspecified atom stereocenters. The second-order valence-corrected chi connectivity index (χ2v) is 11.4. The van der Waals surface area contributed by atoms with Crippen LogP contribution in [0.4, 0.5) is 0 Å². The highest BCUT2D eigenvalue weighted by atomic mass is 35.5. The minimum Gasteiger partial charge on any atom is -0.393 e. The van der Waals surface area contributed by atoms with Crippen molar-refractivity contribution in [1.82, 2.24) is 0 Å². The molecule has 4 rings (SSSR count). The number of rotatable bonds is 1. The SMILES string of the molecule is CC(=O)C1(O)CCC2C3CC(Cl)C4(Cl)CC(O)CCC4(C)C3CCC21C. The summed E-state index contributed by atoms with van der Waals surface area (Å²) in [4.78, 5) is 11.7. The Morgan fingerprint density at radius 1 is 1.04 bits per heavy atom.